The summed E-state index contributed by atoms with van der Waals surface area (Å²) in [6.45, 7) is 1.09. The smallest absolute Gasteiger partial charge is 0.123 e. The average Bonchev–Trinajstić information content (AvgIpc) is 2.15. The van der Waals surface area contributed by atoms with E-state index in [1.165, 1.54) is 12.0 Å². The number of rotatable bonds is 3. The Hall–Kier alpha value is -1.22. The summed E-state index contributed by atoms with van der Waals surface area (Å²) in [5.74, 6) is 1.82. The zero-order chi connectivity index (χ0) is 9.97. The second-order valence-electron chi connectivity index (χ2n) is 3.40. The summed E-state index contributed by atoms with van der Waals surface area (Å²) in [6, 6.07) is 6.34. The Morgan fingerprint density at radius 2 is 2.07 bits per heavy atom. The van der Waals surface area contributed by atoms with Crippen LogP contribution in [0.1, 0.15) is 18.0 Å². The monoisotopic (exact) mass is 193 g/mol. The van der Waals surface area contributed by atoms with Gasteiger partial charge < -0.3 is 14.8 Å². The molecular formula is C11H15NO2. The highest BCUT2D eigenvalue weighted by atomic mass is 16.5. The highest BCUT2D eigenvalue weighted by Crippen LogP contribution is 2.33. The van der Waals surface area contributed by atoms with Crippen molar-refractivity contribution in [3.05, 3.63) is 23.8 Å². The third kappa shape index (κ3) is 1.55. The molecule has 1 aromatic carbocycles. The second kappa shape index (κ2) is 3.88. The molecule has 0 saturated carbocycles. The number of methoxy groups -OCH3 is 2. The Bertz CT molecular complexity index is 321. The minimum atomic E-state index is 0.431. The van der Waals surface area contributed by atoms with E-state index in [0.717, 1.165) is 18.0 Å². The van der Waals surface area contributed by atoms with Crippen LogP contribution in [-0.2, 0) is 0 Å². The van der Waals surface area contributed by atoms with E-state index in [4.69, 9.17) is 9.47 Å². The van der Waals surface area contributed by atoms with Crippen LogP contribution < -0.4 is 14.8 Å². The van der Waals surface area contributed by atoms with Crippen LogP contribution in [0.3, 0.4) is 0 Å². The number of ether oxygens (including phenoxy) is 2. The van der Waals surface area contributed by atoms with E-state index in [1.54, 1.807) is 14.2 Å². The molecule has 1 atom stereocenters. The van der Waals surface area contributed by atoms with Gasteiger partial charge in [0.2, 0.25) is 0 Å². The molecule has 2 rings (SSSR count). The molecule has 1 saturated heterocycles. The fourth-order valence-electron chi connectivity index (χ4n) is 1.67. The first kappa shape index (κ1) is 9.34. The van der Waals surface area contributed by atoms with Crippen LogP contribution in [0, 0.1) is 0 Å². The van der Waals surface area contributed by atoms with E-state index < -0.39 is 0 Å². The molecule has 1 fully saturated rings. The van der Waals surface area contributed by atoms with Gasteiger partial charge in [-0.05, 0) is 31.2 Å². The Morgan fingerprint density at radius 3 is 2.57 bits per heavy atom. The van der Waals surface area contributed by atoms with Gasteiger partial charge in [0.1, 0.15) is 11.5 Å². The van der Waals surface area contributed by atoms with Crippen LogP contribution in [0.2, 0.25) is 0 Å². The lowest BCUT2D eigenvalue weighted by Crippen LogP contribution is -2.35. The molecule has 0 unspecified atom stereocenters. The van der Waals surface area contributed by atoms with E-state index in [1.807, 2.05) is 18.2 Å². The minimum absolute atomic E-state index is 0.431. The third-order valence-corrected chi connectivity index (χ3v) is 2.64. The van der Waals surface area contributed by atoms with Crippen molar-refractivity contribution in [2.24, 2.45) is 0 Å². The van der Waals surface area contributed by atoms with Crippen LogP contribution in [0.15, 0.2) is 18.2 Å². The molecule has 1 aliphatic heterocycles. The topological polar surface area (TPSA) is 30.5 Å². The van der Waals surface area contributed by atoms with Gasteiger partial charge in [-0.2, -0.15) is 0 Å². The predicted molar refractivity (Wildman–Crippen MR) is 54.9 cm³/mol. The summed E-state index contributed by atoms with van der Waals surface area (Å²) in [7, 11) is 3.38. The van der Waals surface area contributed by atoms with Crippen LogP contribution in [0.4, 0.5) is 0 Å². The van der Waals surface area contributed by atoms with Crippen LogP contribution in [0.5, 0.6) is 11.5 Å². The van der Waals surface area contributed by atoms with Gasteiger partial charge in [-0.3, -0.25) is 0 Å². The first-order valence-electron chi connectivity index (χ1n) is 4.80. The predicted octanol–water partition coefficient (Wildman–Crippen LogP) is 1.74. The first-order valence-corrected chi connectivity index (χ1v) is 4.80. The van der Waals surface area contributed by atoms with Gasteiger partial charge in [-0.25, -0.2) is 0 Å². The molecule has 0 bridgehead atoms. The molecule has 1 N–H and O–H groups in total. The molecule has 14 heavy (non-hydrogen) atoms. The van der Waals surface area contributed by atoms with Gasteiger partial charge >= 0.3 is 0 Å². The molecule has 3 heteroatoms. The molecule has 0 amide bonds. The van der Waals surface area contributed by atoms with Gasteiger partial charge in [0.25, 0.3) is 0 Å². The largest absolute Gasteiger partial charge is 0.497 e. The van der Waals surface area contributed by atoms with Gasteiger partial charge in [0, 0.05) is 11.6 Å². The number of hydrogen-bond acceptors (Lipinski definition) is 3. The molecular weight excluding hydrogens is 178 g/mol. The first-order chi connectivity index (χ1) is 6.85. The molecule has 3 nitrogen and oxygen atoms in total. The van der Waals surface area contributed by atoms with Crippen molar-refractivity contribution in [1.29, 1.82) is 0 Å². The normalized spacial score (nSPS) is 20.0. The van der Waals surface area contributed by atoms with Gasteiger partial charge in [0.05, 0.1) is 14.2 Å². The van der Waals surface area contributed by atoms with E-state index in [9.17, 15) is 0 Å². The lowest BCUT2D eigenvalue weighted by molar-refractivity contribution is 0.349. The van der Waals surface area contributed by atoms with Crippen molar-refractivity contribution in [1.82, 2.24) is 5.32 Å². The number of benzene rings is 1. The molecule has 0 aromatic heterocycles. The maximum atomic E-state index is 5.31. The van der Waals surface area contributed by atoms with E-state index in [0.29, 0.717) is 6.04 Å². The van der Waals surface area contributed by atoms with Crippen molar-refractivity contribution in [2.75, 3.05) is 20.8 Å². The molecule has 0 aliphatic carbocycles. The fraction of sp³-hybridized carbons (Fsp3) is 0.455. The average molecular weight is 193 g/mol. The zero-order valence-electron chi connectivity index (χ0n) is 8.54. The maximum Gasteiger partial charge on any atom is 0.123 e. The van der Waals surface area contributed by atoms with Crippen LogP contribution in [0.25, 0.3) is 0 Å². The summed E-state index contributed by atoms with van der Waals surface area (Å²) in [6.07, 6.45) is 1.17. The fourth-order valence-corrected chi connectivity index (χ4v) is 1.67. The van der Waals surface area contributed by atoms with Crippen LogP contribution >= 0.6 is 0 Å². The molecule has 76 valence electrons. The van der Waals surface area contributed by atoms with E-state index in [2.05, 4.69) is 5.32 Å². The van der Waals surface area contributed by atoms with Crippen molar-refractivity contribution in [3.63, 3.8) is 0 Å². The summed E-state index contributed by atoms with van der Waals surface area (Å²) in [4.78, 5) is 0. The maximum absolute atomic E-state index is 5.31. The van der Waals surface area contributed by atoms with Crippen molar-refractivity contribution in [2.45, 2.75) is 12.5 Å². The van der Waals surface area contributed by atoms with Crippen molar-refractivity contribution in [3.8, 4) is 11.5 Å². The Morgan fingerprint density at radius 1 is 1.29 bits per heavy atom. The van der Waals surface area contributed by atoms with Crippen molar-refractivity contribution < 1.29 is 9.47 Å². The standard InChI is InChI=1S/C11H15NO2/c1-13-8-3-4-11(14-2)9(7-8)10-5-6-12-10/h3-4,7,10,12H,5-6H2,1-2H3/t10-/m1/s1. The van der Waals surface area contributed by atoms with Gasteiger partial charge in [-0.15, -0.1) is 0 Å². The second-order valence-corrected chi connectivity index (χ2v) is 3.40. The Labute approximate surface area is 84.0 Å². The summed E-state index contributed by atoms with van der Waals surface area (Å²) >= 11 is 0. The summed E-state index contributed by atoms with van der Waals surface area (Å²) in [5.41, 5.74) is 1.19. The lowest BCUT2D eigenvalue weighted by atomic mass is 9.97. The molecule has 1 heterocycles. The molecule has 0 radical (unpaired) electrons. The highest BCUT2D eigenvalue weighted by Gasteiger charge is 2.22. The van der Waals surface area contributed by atoms with Gasteiger partial charge in [-0.1, -0.05) is 0 Å². The third-order valence-electron chi connectivity index (χ3n) is 2.64. The Balaban J connectivity index is 2.31. The molecule has 1 aromatic rings. The summed E-state index contributed by atoms with van der Waals surface area (Å²) < 4.78 is 10.5. The zero-order valence-corrected chi connectivity index (χ0v) is 8.54. The Kier molecular flexibility index (Phi) is 2.59. The van der Waals surface area contributed by atoms with Crippen molar-refractivity contribution >= 4 is 0 Å². The number of nitrogens with one attached hydrogen (secondary N) is 1. The SMILES string of the molecule is COc1ccc(OC)c([C@H]2CCN2)c1. The number of hydrogen-bond donors (Lipinski definition) is 1. The highest BCUT2D eigenvalue weighted by molar-refractivity contribution is 5.42. The minimum Gasteiger partial charge on any atom is -0.497 e. The molecule has 0 spiro atoms. The lowest BCUT2D eigenvalue weighted by Gasteiger charge is -2.29. The van der Waals surface area contributed by atoms with E-state index in [-0.39, 0.29) is 0 Å². The van der Waals surface area contributed by atoms with Gasteiger partial charge in [0.15, 0.2) is 0 Å². The quantitative estimate of drug-likeness (QED) is 0.793. The van der Waals surface area contributed by atoms with Crippen LogP contribution in [-0.4, -0.2) is 20.8 Å². The van der Waals surface area contributed by atoms with E-state index >= 15 is 0 Å². The molecule has 1 aliphatic rings. The summed E-state index contributed by atoms with van der Waals surface area (Å²) in [5, 5.41) is 3.35.